The minimum absolute atomic E-state index is 0.137. The first kappa shape index (κ1) is 20.6. The Hall–Kier alpha value is -3.96. The van der Waals surface area contributed by atoms with E-state index >= 15 is 0 Å². The average molecular weight is 451 g/mol. The Balaban J connectivity index is 1.25. The van der Waals surface area contributed by atoms with Gasteiger partial charge in [-0.3, -0.25) is 4.79 Å². The summed E-state index contributed by atoms with van der Waals surface area (Å²) >= 11 is 0. The molecule has 4 aromatic rings. The van der Waals surface area contributed by atoms with E-state index in [0.29, 0.717) is 17.7 Å². The maximum Gasteiger partial charge on any atom is 0.251 e. The normalized spacial score (nSPS) is 17.2. The maximum absolute atomic E-state index is 14.3. The lowest BCUT2D eigenvalue weighted by Crippen LogP contribution is -2.23. The molecule has 0 saturated carbocycles. The van der Waals surface area contributed by atoms with Gasteiger partial charge in [-0.05, 0) is 69.8 Å². The van der Waals surface area contributed by atoms with Gasteiger partial charge in [0.25, 0.3) is 5.91 Å². The molecule has 1 N–H and O–H groups in total. The first-order valence-electron chi connectivity index (χ1n) is 11.2. The van der Waals surface area contributed by atoms with E-state index in [2.05, 4.69) is 5.32 Å². The molecular formula is C29H22FNO3. The Kier molecular flexibility index (Phi) is 4.93. The molecule has 2 bridgehead atoms. The number of methoxy groups -OCH3 is 1. The van der Waals surface area contributed by atoms with Gasteiger partial charge in [-0.2, -0.15) is 0 Å². The standard InChI is InChI=1S/C29H22FNO3/c1-33-20-10-6-17(7-11-20)16-31-29(32)19-9-13-23-25(15-19)28-24-14-18(8-12-22(24)27(23)34-28)21-4-2-3-5-26(21)30/h2-15,27-28H,16H2,1H3,(H,31,32)/t27-,28+/m0/s1. The van der Waals surface area contributed by atoms with E-state index in [1.807, 2.05) is 66.7 Å². The lowest BCUT2D eigenvalue weighted by molar-refractivity contribution is 0.0857. The third-order valence-corrected chi connectivity index (χ3v) is 6.63. The molecule has 1 amide bonds. The summed E-state index contributed by atoms with van der Waals surface area (Å²) in [5.41, 5.74) is 7.21. The fraction of sp³-hybridized carbons (Fsp3) is 0.138. The zero-order valence-corrected chi connectivity index (χ0v) is 18.5. The van der Waals surface area contributed by atoms with Gasteiger partial charge < -0.3 is 14.8 Å². The van der Waals surface area contributed by atoms with Crippen LogP contribution in [0.5, 0.6) is 5.75 Å². The molecule has 2 heterocycles. The lowest BCUT2D eigenvalue weighted by atomic mass is 9.83. The fourth-order valence-electron chi connectivity index (χ4n) is 4.88. The molecule has 6 rings (SSSR count). The Morgan fingerprint density at radius 3 is 2.35 bits per heavy atom. The average Bonchev–Trinajstić information content (AvgIpc) is 3.44. The molecule has 34 heavy (non-hydrogen) atoms. The number of benzene rings is 4. The molecule has 0 fully saturated rings. The molecule has 0 radical (unpaired) electrons. The fourth-order valence-corrected chi connectivity index (χ4v) is 4.88. The van der Waals surface area contributed by atoms with Crippen molar-refractivity contribution < 1.29 is 18.7 Å². The number of rotatable bonds is 5. The topological polar surface area (TPSA) is 47.6 Å². The predicted octanol–water partition coefficient (Wildman–Crippen LogP) is 5.95. The van der Waals surface area contributed by atoms with Gasteiger partial charge in [-0.1, -0.05) is 48.5 Å². The largest absolute Gasteiger partial charge is 0.497 e. The third-order valence-electron chi connectivity index (χ3n) is 6.63. The minimum atomic E-state index is -0.254. The second-order valence-electron chi connectivity index (χ2n) is 8.59. The van der Waals surface area contributed by atoms with Crippen molar-refractivity contribution in [3.63, 3.8) is 0 Å². The number of hydrogen-bond donors (Lipinski definition) is 1. The van der Waals surface area contributed by atoms with Crippen LogP contribution in [0.4, 0.5) is 4.39 Å². The van der Waals surface area contributed by atoms with Crippen LogP contribution >= 0.6 is 0 Å². The predicted molar refractivity (Wildman–Crippen MR) is 127 cm³/mol. The van der Waals surface area contributed by atoms with Crippen molar-refractivity contribution in [2.24, 2.45) is 0 Å². The summed E-state index contributed by atoms with van der Waals surface area (Å²) in [4.78, 5) is 12.9. The van der Waals surface area contributed by atoms with Crippen LogP contribution in [-0.2, 0) is 11.3 Å². The van der Waals surface area contributed by atoms with Gasteiger partial charge in [-0.25, -0.2) is 4.39 Å². The minimum Gasteiger partial charge on any atom is -0.497 e. The zero-order chi connectivity index (χ0) is 23.2. The van der Waals surface area contributed by atoms with Crippen LogP contribution in [0.25, 0.3) is 11.1 Å². The molecule has 168 valence electrons. The molecule has 2 aliphatic heterocycles. The maximum atomic E-state index is 14.3. The molecule has 0 saturated heterocycles. The molecule has 0 spiro atoms. The van der Waals surface area contributed by atoms with Gasteiger partial charge in [0, 0.05) is 17.7 Å². The van der Waals surface area contributed by atoms with E-state index in [1.54, 1.807) is 19.2 Å². The van der Waals surface area contributed by atoms with E-state index in [1.165, 1.54) is 6.07 Å². The second kappa shape index (κ2) is 8.12. The lowest BCUT2D eigenvalue weighted by Gasteiger charge is -2.18. The smallest absolute Gasteiger partial charge is 0.251 e. The van der Waals surface area contributed by atoms with Gasteiger partial charge in [0.15, 0.2) is 0 Å². The first-order chi connectivity index (χ1) is 16.6. The quantitative estimate of drug-likeness (QED) is 0.408. The SMILES string of the molecule is COc1ccc(CNC(=O)c2ccc3c(c2)[C@@H]2O[C@H]3c3ccc(-c4ccccc4F)cc32)cc1. The Morgan fingerprint density at radius 1 is 0.882 bits per heavy atom. The van der Waals surface area contributed by atoms with Crippen molar-refractivity contribution in [1.82, 2.24) is 5.32 Å². The van der Waals surface area contributed by atoms with Gasteiger partial charge in [0.1, 0.15) is 23.8 Å². The molecule has 4 aromatic carbocycles. The Morgan fingerprint density at radius 2 is 1.59 bits per heavy atom. The van der Waals surface area contributed by atoms with Crippen LogP contribution < -0.4 is 10.1 Å². The summed E-state index contributed by atoms with van der Waals surface area (Å²) in [6.45, 7) is 0.428. The van der Waals surface area contributed by atoms with Crippen LogP contribution in [0.2, 0.25) is 0 Å². The molecule has 0 unspecified atom stereocenters. The van der Waals surface area contributed by atoms with Crippen molar-refractivity contribution in [3.05, 3.63) is 124 Å². The van der Waals surface area contributed by atoms with E-state index in [-0.39, 0.29) is 23.9 Å². The van der Waals surface area contributed by atoms with Crippen LogP contribution in [0.15, 0.2) is 84.9 Å². The van der Waals surface area contributed by atoms with Crippen LogP contribution in [0.3, 0.4) is 0 Å². The number of hydrogen-bond acceptors (Lipinski definition) is 3. The zero-order valence-electron chi connectivity index (χ0n) is 18.5. The summed E-state index contributed by atoms with van der Waals surface area (Å²) in [6, 6.07) is 26.1. The first-order valence-corrected chi connectivity index (χ1v) is 11.2. The van der Waals surface area contributed by atoms with Crippen molar-refractivity contribution in [3.8, 4) is 16.9 Å². The Labute approximate surface area is 197 Å². The molecular weight excluding hydrogens is 429 g/mol. The number of nitrogens with one attached hydrogen (secondary N) is 1. The highest BCUT2D eigenvalue weighted by atomic mass is 19.1. The van der Waals surface area contributed by atoms with Gasteiger partial charge in [0.2, 0.25) is 0 Å². The molecule has 5 heteroatoms. The second-order valence-corrected chi connectivity index (χ2v) is 8.59. The number of fused-ring (bicyclic) bond motifs is 8. The van der Waals surface area contributed by atoms with Crippen molar-refractivity contribution in [2.75, 3.05) is 7.11 Å². The van der Waals surface area contributed by atoms with E-state index < -0.39 is 0 Å². The van der Waals surface area contributed by atoms with Crippen molar-refractivity contribution in [1.29, 1.82) is 0 Å². The number of carbonyl (C=O) groups is 1. The van der Waals surface area contributed by atoms with E-state index in [9.17, 15) is 9.18 Å². The summed E-state index contributed by atoms with van der Waals surface area (Å²) < 4.78 is 25.8. The van der Waals surface area contributed by atoms with Crippen LogP contribution in [-0.4, -0.2) is 13.0 Å². The Bertz CT molecular complexity index is 1410. The summed E-state index contributed by atoms with van der Waals surface area (Å²) in [7, 11) is 1.63. The van der Waals surface area contributed by atoms with Crippen molar-refractivity contribution in [2.45, 2.75) is 18.8 Å². The number of ether oxygens (including phenoxy) is 2. The highest BCUT2D eigenvalue weighted by Gasteiger charge is 2.43. The molecule has 2 aliphatic rings. The highest BCUT2D eigenvalue weighted by molar-refractivity contribution is 5.94. The molecule has 4 nitrogen and oxygen atoms in total. The summed E-state index contributed by atoms with van der Waals surface area (Å²) in [5.74, 6) is 0.395. The summed E-state index contributed by atoms with van der Waals surface area (Å²) in [6.07, 6.45) is -0.405. The molecule has 0 aliphatic carbocycles. The third kappa shape index (κ3) is 3.37. The highest BCUT2D eigenvalue weighted by Crippen LogP contribution is 2.54. The van der Waals surface area contributed by atoms with Crippen LogP contribution in [0.1, 0.15) is 50.4 Å². The number of carbonyl (C=O) groups excluding carboxylic acids is 1. The van der Waals surface area contributed by atoms with Gasteiger partial charge in [-0.15, -0.1) is 0 Å². The summed E-state index contributed by atoms with van der Waals surface area (Å²) in [5, 5.41) is 2.98. The monoisotopic (exact) mass is 451 g/mol. The van der Waals surface area contributed by atoms with Crippen LogP contribution in [0, 0.1) is 5.82 Å². The number of amides is 1. The van der Waals surface area contributed by atoms with Gasteiger partial charge in [0.05, 0.1) is 7.11 Å². The molecule has 0 aromatic heterocycles. The van der Waals surface area contributed by atoms with Crippen molar-refractivity contribution >= 4 is 5.91 Å². The van der Waals surface area contributed by atoms with E-state index in [4.69, 9.17) is 9.47 Å². The molecule has 2 atom stereocenters. The van der Waals surface area contributed by atoms with Gasteiger partial charge >= 0.3 is 0 Å². The van der Waals surface area contributed by atoms with E-state index in [0.717, 1.165) is 39.1 Å². The number of halogens is 1.